The van der Waals surface area contributed by atoms with Crippen LogP contribution in [0.5, 0.6) is 0 Å². The van der Waals surface area contributed by atoms with E-state index in [2.05, 4.69) is 29.4 Å². The molecule has 1 heterocycles. The number of rotatable bonds is 8. The van der Waals surface area contributed by atoms with Gasteiger partial charge >= 0.3 is 6.01 Å². The van der Waals surface area contributed by atoms with Crippen molar-refractivity contribution in [2.45, 2.75) is 52.5 Å². The van der Waals surface area contributed by atoms with Gasteiger partial charge in [-0.15, -0.1) is 5.10 Å². The minimum Gasteiger partial charge on any atom is -0.406 e. The van der Waals surface area contributed by atoms with Gasteiger partial charge in [-0.3, -0.25) is 0 Å². The molecule has 98 valence electrons. The molecule has 1 aromatic heterocycles. The van der Waals surface area contributed by atoms with Crippen LogP contribution < -0.4 is 11.1 Å². The van der Waals surface area contributed by atoms with Gasteiger partial charge in [-0.05, 0) is 19.3 Å². The highest BCUT2D eigenvalue weighted by atomic mass is 16.4. The summed E-state index contributed by atoms with van der Waals surface area (Å²) in [5.41, 5.74) is 5.65. The highest BCUT2D eigenvalue weighted by Gasteiger charge is 2.11. The highest BCUT2D eigenvalue weighted by molar-refractivity contribution is 5.17. The molecule has 0 aliphatic carbocycles. The van der Waals surface area contributed by atoms with Crippen LogP contribution in [0.25, 0.3) is 0 Å². The first-order valence-corrected chi connectivity index (χ1v) is 6.50. The van der Waals surface area contributed by atoms with Gasteiger partial charge in [0.2, 0.25) is 5.89 Å². The minimum atomic E-state index is -0.208. The van der Waals surface area contributed by atoms with E-state index in [0.717, 1.165) is 6.54 Å². The van der Waals surface area contributed by atoms with E-state index in [1.807, 2.05) is 6.92 Å². The summed E-state index contributed by atoms with van der Waals surface area (Å²) in [6.07, 6.45) is 4.93. The van der Waals surface area contributed by atoms with E-state index in [1.54, 1.807) is 0 Å². The summed E-state index contributed by atoms with van der Waals surface area (Å²) in [4.78, 5) is 0. The first kappa shape index (κ1) is 14.0. The molecule has 0 aliphatic heterocycles. The van der Waals surface area contributed by atoms with Crippen molar-refractivity contribution in [3.05, 3.63) is 5.89 Å². The zero-order chi connectivity index (χ0) is 12.7. The average Bonchev–Trinajstić information content (AvgIpc) is 2.78. The van der Waals surface area contributed by atoms with Crippen molar-refractivity contribution in [3.8, 4) is 0 Å². The Morgan fingerprint density at radius 3 is 2.65 bits per heavy atom. The fourth-order valence-corrected chi connectivity index (χ4v) is 1.66. The molecule has 1 aromatic rings. The molecule has 0 spiro atoms. The van der Waals surface area contributed by atoms with Crippen molar-refractivity contribution in [3.63, 3.8) is 0 Å². The molecule has 0 fully saturated rings. The standard InChI is InChI=1S/C12H24N4O/c1-4-6-7-10(5-2)8-14-12-16-15-11(17-12)9(3)13/h9-10H,4-8,13H2,1-3H3,(H,14,16). The topological polar surface area (TPSA) is 77.0 Å². The van der Waals surface area contributed by atoms with E-state index in [0.29, 0.717) is 17.8 Å². The largest absolute Gasteiger partial charge is 0.406 e. The molecule has 0 amide bonds. The number of nitrogens with two attached hydrogens (primary N) is 1. The molecule has 1 rings (SSSR count). The zero-order valence-electron chi connectivity index (χ0n) is 11.1. The van der Waals surface area contributed by atoms with Crippen LogP contribution in [-0.4, -0.2) is 16.7 Å². The van der Waals surface area contributed by atoms with Crippen LogP contribution in [0.4, 0.5) is 6.01 Å². The highest BCUT2D eigenvalue weighted by Crippen LogP contribution is 2.15. The molecule has 3 N–H and O–H groups in total. The molecule has 0 aromatic carbocycles. The molecule has 0 saturated carbocycles. The lowest BCUT2D eigenvalue weighted by atomic mass is 10.00. The quantitative estimate of drug-likeness (QED) is 0.730. The lowest BCUT2D eigenvalue weighted by Crippen LogP contribution is -2.13. The normalized spacial score (nSPS) is 14.6. The van der Waals surface area contributed by atoms with Gasteiger partial charge in [-0.2, -0.15) is 0 Å². The summed E-state index contributed by atoms with van der Waals surface area (Å²) in [6.45, 7) is 7.14. The summed E-state index contributed by atoms with van der Waals surface area (Å²) in [7, 11) is 0. The smallest absolute Gasteiger partial charge is 0.315 e. The number of hydrogen-bond acceptors (Lipinski definition) is 5. The fraction of sp³-hybridized carbons (Fsp3) is 0.833. The van der Waals surface area contributed by atoms with Crippen molar-refractivity contribution in [2.24, 2.45) is 11.7 Å². The second kappa shape index (κ2) is 7.27. The number of unbranched alkanes of at least 4 members (excludes halogenated alkanes) is 1. The molecule has 0 saturated heterocycles. The van der Waals surface area contributed by atoms with Crippen LogP contribution in [-0.2, 0) is 0 Å². The van der Waals surface area contributed by atoms with Gasteiger partial charge in [0.1, 0.15) is 0 Å². The average molecular weight is 240 g/mol. The Morgan fingerprint density at radius 1 is 1.35 bits per heavy atom. The molecule has 0 radical (unpaired) electrons. The van der Waals surface area contributed by atoms with Gasteiger partial charge in [-0.1, -0.05) is 38.2 Å². The Morgan fingerprint density at radius 2 is 2.12 bits per heavy atom. The van der Waals surface area contributed by atoms with Crippen LogP contribution in [0.2, 0.25) is 0 Å². The third kappa shape index (κ3) is 4.73. The maximum absolute atomic E-state index is 5.65. The third-order valence-corrected chi connectivity index (χ3v) is 2.92. The van der Waals surface area contributed by atoms with E-state index < -0.39 is 0 Å². The Bertz CT molecular complexity index is 311. The molecule has 2 atom stereocenters. The van der Waals surface area contributed by atoms with Gasteiger partial charge in [-0.25, -0.2) is 0 Å². The van der Waals surface area contributed by atoms with Crippen LogP contribution in [0.1, 0.15) is 58.4 Å². The first-order chi connectivity index (χ1) is 8.17. The SMILES string of the molecule is CCCCC(CC)CNc1nnc(C(C)N)o1. The lowest BCUT2D eigenvalue weighted by Gasteiger charge is -2.13. The van der Waals surface area contributed by atoms with Crippen molar-refractivity contribution < 1.29 is 4.42 Å². The van der Waals surface area contributed by atoms with E-state index in [1.165, 1.54) is 25.7 Å². The second-order valence-corrected chi connectivity index (χ2v) is 4.53. The van der Waals surface area contributed by atoms with Gasteiger partial charge in [0.15, 0.2) is 0 Å². The predicted octanol–water partition coefficient (Wildman–Crippen LogP) is 2.72. The van der Waals surface area contributed by atoms with Crippen molar-refractivity contribution in [1.29, 1.82) is 0 Å². The van der Waals surface area contributed by atoms with Crippen LogP contribution in [0.3, 0.4) is 0 Å². The Hall–Kier alpha value is -1.10. The summed E-state index contributed by atoms with van der Waals surface area (Å²) in [5, 5.41) is 11.0. The molecule has 17 heavy (non-hydrogen) atoms. The van der Waals surface area contributed by atoms with E-state index >= 15 is 0 Å². The summed E-state index contributed by atoms with van der Waals surface area (Å²) < 4.78 is 5.39. The van der Waals surface area contributed by atoms with Gasteiger partial charge < -0.3 is 15.5 Å². The molecular formula is C12H24N4O. The first-order valence-electron chi connectivity index (χ1n) is 6.50. The Labute approximate surface area is 103 Å². The van der Waals surface area contributed by atoms with Gasteiger partial charge in [0.25, 0.3) is 0 Å². The molecule has 2 unspecified atom stereocenters. The molecule has 0 aliphatic rings. The van der Waals surface area contributed by atoms with Crippen LogP contribution >= 0.6 is 0 Å². The number of hydrogen-bond donors (Lipinski definition) is 2. The van der Waals surface area contributed by atoms with Crippen molar-refractivity contribution in [1.82, 2.24) is 10.2 Å². The number of aromatic nitrogens is 2. The maximum Gasteiger partial charge on any atom is 0.315 e. The molecule has 5 heteroatoms. The molecular weight excluding hydrogens is 216 g/mol. The number of nitrogens with zero attached hydrogens (tertiary/aromatic N) is 2. The van der Waals surface area contributed by atoms with Gasteiger partial charge in [0.05, 0.1) is 6.04 Å². The predicted molar refractivity (Wildman–Crippen MR) is 68.7 cm³/mol. The Kier molecular flexibility index (Phi) is 5.97. The molecule has 5 nitrogen and oxygen atoms in total. The van der Waals surface area contributed by atoms with Crippen molar-refractivity contribution in [2.75, 3.05) is 11.9 Å². The Balaban J connectivity index is 2.37. The van der Waals surface area contributed by atoms with Gasteiger partial charge in [0, 0.05) is 6.54 Å². The van der Waals surface area contributed by atoms with E-state index in [4.69, 9.17) is 10.2 Å². The number of anilines is 1. The molecule has 0 bridgehead atoms. The minimum absolute atomic E-state index is 0.208. The second-order valence-electron chi connectivity index (χ2n) is 4.53. The number of nitrogens with one attached hydrogen (secondary N) is 1. The van der Waals surface area contributed by atoms with Crippen LogP contribution in [0.15, 0.2) is 4.42 Å². The third-order valence-electron chi connectivity index (χ3n) is 2.92. The monoisotopic (exact) mass is 240 g/mol. The summed E-state index contributed by atoms with van der Waals surface area (Å²) in [5.74, 6) is 1.15. The van der Waals surface area contributed by atoms with Crippen LogP contribution in [0, 0.1) is 5.92 Å². The van der Waals surface area contributed by atoms with E-state index in [9.17, 15) is 0 Å². The summed E-state index contributed by atoms with van der Waals surface area (Å²) >= 11 is 0. The zero-order valence-corrected chi connectivity index (χ0v) is 11.1. The lowest BCUT2D eigenvalue weighted by molar-refractivity contribution is 0.448. The van der Waals surface area contributed by atoms with E-state index in [-0.39, 0.29) is 6.04 Å². The summed E-state index contributed by atoms with van der Waals surface area (Å²) in [6, 6.07) is 0.271. The fourth-order valence-electron chi connectivity index (χ4n) is 1.66. The van der Waals surface area contributed by atoms with Crippen molar-refractivity contribution >= 4 is 6.01 Å². The maximum atomic E-state index is 5.65.